The van der Waals surface area contributed by atoms with Crippen LogP contribution in [-0.2, 0) is 9.53 Å². The standard InChI is InChI=1S/C19H11BrClN3O6S/c20-15-8-22-19(31-15)23-16(25)9-30-18(27)12-4-2-1-3-11(12)17(26)10-5-6-13(21)14(7-10)24(28)29/h1-8H,9H2,(H,22,23,25). The second kappa shape index (κ2) is 9.77. The smallest absolute Gasteiger partial charge is 0.339 e. The molecule has 1 N–H and O–H groups in total. The molecule has 31 heavy (non-hydrogen) atoms. The van der Waals surface area contributed by atoms with Gasteiger partial charge in [0, 0.05) is 17.2 Å². The van der Waals surface area contributed by atoms with Crippen molar-refractivity contribution in [3.63, 3.8) is 0 Å². The molecule has 3 rings (SSSR count). The zero-order chi connectivity index (χ0) is 22.5. The Morgan fingerprint density at radius 2 is 1.90 bits per heavy atom. The molecule has 0 aliphatic carbocycles. The zero-order valence-electron chi connectivity index (χ0n) is 15.3. The number of carbonyl (C=O) groups excluding carboxylic acids is 3. The molecule has 0 saturated carbocycles. The van der Waals surface area contributed by atoms with E-state index in [0.717, 1.165) is 9.85 Å². The molecule has 1 heterocycles. The molecule has 1 amide bonds. The van der Waals surface area contributed by atoms with E-state index in [-0.39, 0.29) is 21.7 Å². The number of hydrogen-bond acceptors (Lipinski definition) is 8. The lowest BCUT2D eigenvalue weighted by atomic mass is 9.98. The number of carbonyl (C=O) groups is 3. The maximum Gasteiger partial charge on any atom is 0.339 e. The number of nitrogens with one attached hydrogen (secondary N) is 1. The fourth-order valence-electron chi connectivity index (χ4n) is 2.48. The zero-order valence-corrected chi connectivity index (χ0v) is 18.5. The highest BCUT2D eigenvalue weighted by Crippen LogP contribution is 2.27. The monoisotopic (exact) mass is 523 g/mol. The van der Waals surface area contributed by atoms with Crippen LogP contribution < -0.4 is 5.32 Å². The van der Waals surface area contributed by atoms with Crippen LogP contribution in [-0.4, -0.2) is 34.2 Å². The van der Waals surface area contributed by atoms with Crippen LogP contribution in [0.25, 0.3) is 0 Å². The number of aromatic nitrogens is 1. The Morgan fingerprint density at radius 1 is 1.19 bits per heavy atom. The summed E-state index contributed by atoms with van der Waals surface area (Å²) >= 11 is 10.2. The molecule has 0 bridgehead atoms. The Morgan fingerprint density at radius 3 is 2.55 bits per heavy atom. The van der Waals surface area contributed by atoms with Gasteiger partial charge >= 0.3 is 5.97 Å². The van der Waals surface area contributed by atoms with E-state index in [4.69, 9.17) is 16.3 Å². The van der Waals surface area contributed by atoms with Gasteiger partial charge in [0.25, 0.3) is 11.6 Å². The Kier molecular flexibility index (Phi) is 7.10. The number of ether oxygens (including phenoxy) is 1. The summed E-state index contributed by atoms with van der Waals surface area (Å²) in [5, 5.41) is 13.8. The summed E-state index contributed by atoms with van der Waals surface area (Å²) in [5.74, 6) is -2.14. The number of amides is 1. The number of anilines is 1. The molecule has 0 spiro atoms. The second-order valence-electron chi connectivity index (χ2n) is 5.89. The number of esters is 1. The van der Waals surface area contributed by atoms with Gasteiger partial charge in [0.05, 0.1) is 20.5 Å². The van der Waals surface area contributed by atoms with Gasteiger partial charge in [-0.25, -0.2) is 9.78 Å². The van der Waals surface area contributed by atoms with E-state index < -0.39 is 34.9 Å². The second-order valence-corrected chi connectivity index (χ2v) is 8.71. The van der Waals surface area contributed by atoms with Crippen LogP contribution >= 0.6 is 38.9 Å². The van der Waals surface area contributed by atoms with Crippen molar-refractivity contribution < 1.29 is 24.0 Å². The van der Waals surface area contributed by atoms with Gasteiger partial charge in [0.1, 0.15) is 5.02 Å². The van der Waals surface area contributed by atoms with Gasteiger partial charge in [0.2, 0.25) is 0 Å². The largest absolute Gasteiger partial charge is 0.452 e. The van der Waals surface area contributed by atoms with Gasteiger partial charge < -0.3 is 4.74 Å². The number of hydrogen-bond donors (Lipinski definition) is 1. The molecule has 0 aliphatic heterocycles. The summed E-state index contributed by atoms with van der Waals surface area (Å²) in [5.41, 5.74) is -0.579. The quantitative estimate of drug-likeness (QED) is 0.209. The van der Waals surface area contributed by atoms with E-state index >= 15 is 0 Å². The van der Waals surface area contributed by atoms with Crippen molar-refractivity contribution in [1.29, 1.82) is 0 Å². The summed E-state index contributed by atoms with van der Waals surface area (Å²) in [6, 6.07) is 9.37. The predicted molar refractivity (Wildman–Crippen MR) is 117 cm³/mol. The molecule has 2 aromatic carbocycles. The van der Waals surface area contributed by atoms with Gasteiger partial charge in [0.15, 0.2) is 17.5 Å². The number of rotatable bonds is 7. The highest BCUT2D eigenvalue weighted by atomic mass is 79.9. The van der Waals surface area contributed by atoms with Crippen LogP contribution in [0.15, 0.2) is 52.4 Å². The maximum absolute atomic E-state index is 12.9. The average Bonchev–Trinajstić information content (AvgIpc) is 3.16. The van der Waals surface area contributed by atoms with Crippen molar-refractivity contribution >= 4 is 67.3 Å². The summed E-state index contributed by atoms with van der Waals surface area (Å²) < 4.78 is 5.73. The molecule has 0 aliphatic rings. The Labute approximate surface area is 192 Å². The molecule has 158 valence electrons. The lowest BCUT2D eigenvalue weighted by Gasteiger charge is -2.09. The van der Waals surface area contributed by atoms with E-state index in [1.807, 2.05) is 0 Å². The molecule has 0 unspecified atom stereocenters. The van der Waals surface area contributed by atoms with Crippen LogP contribution in [0.4, 0.5) is 10.8 Å². The first-order chi connectivity index (χ1) is 14.8. The van der Waals surface area contributed by atoms with Crippen LogP contribution in [0, 0.1) is 10.1 Å². The third kappa shape index (κ3) is 5.51. The van der Waals surface area contributed by atoms with E-state index in [9.17, 15) is 24.5 Å². The third-order valence-electron chi connectivity index (χ3n) is 3.85. The van der Waals surface area contributed by atoms with Gasteiger partial charge in [-0.15, -0.1) is 0 Å². The van der Waals surface area contributed by atoms with Gasteiger partial charge in [-0.1, -0.05) is 41.1 Å². The number of nitro groups is 1. The van der Waals surface area contributed by atoms with Crippen molar-refractivity contribution in [1.82, 2.24) is 4.98 Å². The number of benzene rings is 2. The Hall–Kier alpha value is -3.15. The molecule has 0 atom stereocenters. The number of ketones is 1. The normalized spacial score (nSPS) is 10.4. The lowest BCUT2D eigenvalue weighted by Crippen LogP contribution is -2.22. The summed E-state index contributed by atoms with van der Waals surface area (Å²) in [7, 11) is 0. The van der Waals surface area contributed by atoms with Crippen molar-refractivity contribution in [2.75, 3.05) is 11.9 Å². The summed E-state index contributed by atoms with van der Waals surface area (Å²) in [6.45, 7) is -0.592. The van der Waals surface area contributed by atoms with Crippen molar-refractivity contribution in [2.45, 2.75) is 0 Å². The van der Waals surface area contributed by atoms with Crippen molar-refractivity contribution in [2.24, 2.45) is 0 Å². The molecule has 0 radical (unpaired) electrons. The summed E-state index contributed by atoms with van der Waals surface area (Å²) in [4.78, 5) is 51.6. The first-order valence-electron chi connectivity index (χ1n) is 8.42. The van der Waals surface area contributed by atoms with E-state index in [2.05, 4.69) is 26.2 Å². The lowest BCUT2D eigenvalue weighted by molar-refractivity contribution is -0.384. The van der Waals surface area contributed by atoms with E-state index in [1.54, 1.807) is 0 Å². The molecule has 0 fully saturated rings. The van der Waals surface area contributed by atoms with E-state index in [1.165, 1.54) is 53.9 Å². The van der Waals surface area contributed by atoms with Gasteiger partial charge in [-0.2, -0.15) is 0 Å². The number of halogens is 2. The van der Waals surface area contributed by atoms with Gasteiger partial charge in [-0.3, -0.25) is 25.0 Å². The topological polar surface area (TPSA) is 128 Å². The predicted octanol–water partition coefficient (Wildman–Crippen LogP) is 4.49. The fraction of sp³-hybridized carbons (Fsp3) is 0.0526. The number of nitrogens with zero attached hydrogens (tertiary/aromatic N) is 2. The fourth-order valence-corrected chi connectivity index (χ4v) is 3.79. The SMILES string of the molecule is O=C(COC(=O)c1ccccc1C(=O)c1ccc(Cl)c([N+](=O)[O-])c1)Nc1ncc(Br)s1. The molecule has 9 nitrogen and oxygen atoms in total. The molecule has 3 aromatic rings. The third-order valence-corrected chi connectivity index (χ3v) is 5.57. The minimum absolute atomic E-state index is 0.0246. The number of nitro benzene ring substituents is 1. The molecular formula is C19H11BrClN3O6S. The molecular weight excluding hydrogens is 514 g/mol. The Bertz CT molecular complexity index is 1200. The van der Waals surface area contributed by atoms with Crippen LogP contribution in [0.1, 0.15) is 26.3 Å². The van der Waals surface area contributed by atoms with Crippen LogP contribution in [0.3, 0.4) is 0 Å². The van der Waals surface area contributed by atoms with Crippen molar-refractivity contribution in [3.8, 4) is 0 Å². The van der Waals surface area contributed by atoms with Crippen molar-refractivity contribution in [3.05, 3.63) is 84.3 Å². The highest BCUT2D eigenvalue weighted by Gasteiger charge is 2.22. The van der Waals surface area contributed by atoms with E-state index in [0.29, 0.717) is 5.13 Å². The maximum atomic E-state index is 12.9. The molecule has 12 heteroatoms. The first-order valence-corrected chi connectivity index (χ1v) is 10.4. The van der Waals surface area contributed by atoms with Gasteiger partial charge in [-0.05, 0) is 34.1 Å². The number of thiazole rings is 1. The first kappa shape index (κ1) is 22.5. The van der Waals surface area contributed by atoms with Crippen LogP contribution in [0.2, 0.25) is 5.02 Å². The average molecular weight is 525 g/mol. The Balaban J connectivity index is 1.75. The molecule has 1 aromatic heterocycles. The molecule has 0 saturated heterocycles. The van der Waals surface area contributed by atoms with Crippen LogP contribution in [0.5, 0.6) is 0 Å². The minimum atomic E-state index is -0.900. The minimum Gasteiger partial charge on any atom is -0.452 e. The summed E-state index contributed by atoms with van der Waals surface area (Å²) in [6.07, 6.45) is 1.51. The highest BCUT2D eigenvalue weighted by molar-refractivity contribution is 9.11.